The molecule has 0 unspecified atom stereocenters. The van der Waals surface area contributed by atoms with Crippen LogP contribution in [0, 0.1) is 5.82 Å². The zero-order valence-corrected chi connectivity index (χ0v) is 32.4. The normalized spacial score (nSPS) is 13.2. The standard InChI is InChI=1S/C23H21Cl2FN2O2S.C17H19ClN2.ClH/c24-18-10-11-23(20(26)14-18)31(29,30)27-12-3-13-28-21-5-2-1-4-16(21)6-7-17-8-9-19(25)15-22(17)28;18-15-9-8-14-7-6-13-4-1-2-5-16(13)20(11-3-10-19)17(14)12-15;/h1-2,4-5,8-11,14-15,27H,3,6-7,12-13H2;1-2,4-5,8-9,12H,3,6-7,10-11,19H2;1H. The smallest absolute Gasteiger partial charge is 0.243 e. The van der Waals surface area contributed by atoms with Crippen molar-refractivity contribution in [3.8, 4) is 0 Å². The average Bonchev–Trinajstić information content (AvgIpc) is 3.37. The third-order valence-electron chi connectivity index (χ3n) is 9.19. The molecule has 2 aliphatic rings. The van der Waals surface area contributed by atoms with Crippen LogP contribution >= 0.6 is 47.2 Å². The van der Waals surface area contributed by atoms with Crippen LogP contribution in [0.1, 0.15) is 35.1 Å². The van der Waals surface area contributed by atoms with Gasteiger partial charge >= 0.3 is 0 Å². The zero-order chi connectivity index (χ0) is 36.0. The maximum Gasteiger partial charge on any atom is 0.243 e. The van der Waals surface area contributed by atoms with Gasteiger partial charge in [-0.1, -0.05) is 83.3 Å². The van der Waals surface area contributed by atoms with E-state index in [-0.39, 0.29) is 24.0 Å². The molecule has 0 atom stereocenters. The van der Waals surface area contributed by atoms with E-state index in [1.54, 1.807) is 0 Å². The van der Waals surface area contributed by atoms with Gasteiger partial charge in [-0.05, 0) is 122 Å². The first-order chi connectivity index (χ1) is 24.6. The molecule has 274 valence electrons. The Kier molecular flexibility index (Phi) is 13.9. The van der Waals surface area contributed by atoms with Crippen LogP contribution in [0.3, 0.4) is 0 Å². The lowest BCUT2D eigenvalue weighted by molar-refractivity contribution is 0.555. The summed E-state index contributed by atoms with van der Waals surface area (Å²) in [5, 5.41) is 1.59. The molecule has 0 bridgehead atoms. The van der Waals surface area contributed by atoms with Gasteiger partial charge in [0.05, 0.1) is 0 Å². The van der Waals surface area contributed by atoms with Crippen molar-refractivity contribution in [2.24, 2.45) is 5.73 Å². The molecule has 0 spiro atoms. The summed E-state index contributed by atoms with van der Waals surface area (Å²) in [4.78, 5) is 4.14. The zero-order valence-electron chi connectivity index (χ0n) is 28.5. The van der Waals surface area contributed by atoms with E-state index in [4.69, 9.17) is 40.5 Å². The second kappa shape index (κ2) is 18.1. The molecule has 0 saturated heterocycles. The molecule has 0 saturated carbocycles. The van der Waals surface area contributed by atoms with Crippen LogP contribution in [0.25, 0.3) is 0 Å². The van der Waals surface area contributed by atoms with E-state index in [0.29, 0.717) is 24.5 Å². The highest BCUT2D eigenvalue weighted by atomic mass is 35.5. The fourth-order valence-electron chi connectivity index (χ4n) is 6.71. The summed E-state index contributed by atoms with van der Waals surface area (Å²) in [5.74, 6) is -0.870. The predicted octanol–water partition coefficient (Wildman–Crippen LogP) is 10.1. The van der Waals surface area contributed by atoms with Gasteiger partial charge in [0.2, 0.25) is 10.0 Å². The molecule has 52 heavy (non-hydrogen) atoms. The lowest BCUT2D eigenvalue weighted by Gasteiger charge is -2.27. The van der Waals surface area contributed by atoms with E-state index in [1.807, 2.05) is 36.4 Å². The molecule has 0 fully saturated rings. The highest BCUT2D eigenvalue weighted by Gasteiger charge is 2.23. The van der Waals surface area contributed by atoms with Crippen molar-refractivity contribution in [3.05, 3.63) is 146 Å². The Labute approximate surface area is 327 Å². The van der Waals surface area contributed by atoms with E-state index < -0.39 is 20.7 Å². The number of benzene rings is 5. The first-order valence-electron chi connectivity index (χ1n) is 17.1. The second-order valence-corrected chi connectivity index (χ2v) is 15.6. The number of nitrogens with zero attached hydrogens (tertiary/aromatic N) is 2. The SMILES string of the molecule is Cl.NCCCN1c2ccccc2CCc2ccc(Cl)cc21.O=S(=O)(NCCCN1c2ccccc2CCc2ccc(Cl)cc21)c1ccc(Cl)cc1F. The Hall–Kier alpha value is -3.34. The third-order valence-corrected chi connectivity index (χ3v) is 11.4. The molecular weight excluding hydrogens is 761 g/mol. The largest absolute Gasteiger partial charge is 0.341 e. The lowest BCUT2D eigenvalue weighted by atomic mass is 10.0. The molecule has 6 nitrogen and oxygen atoms in total. The van der Waals surface area contributed by atoms with Gasteiger partial charge in [0.25, 0.3) is 0 Å². The van der Waals surface area contributed by atoms with E-state index in [1.165, 1.54) is 45.8 Å². The highest BCUT2D eigenvalue weighted by Crippen LogP contribution is 2.39. The van der Waals surface area contributed by atoms with Gasteiger partial charge in [0, 0.05) is 57.5 Å². The van der Waals surface area contributed by atoms with Crippen molar-refractivity contribution in [3.63, 3.8) is 0 Å². The number of hydrogen-bond acceptors (Lipinski definition) is 5. The molecule has 0 aliphatic carbocycles. The van der Waals surface area contributed by atoms with E-state index in [9.17, 15) is 12.8 Å². The van der Waals surface area contributed by atoms with Crippen LogP contribution in [-0.4, -0.2) is 34.6 Å². The Morgan fingerprint density at radius 3 is 1.56 bits per heavy atom. The minimum absolute atomic E-state index is 0. The minimum atomic E-state index is -3.97. The number of nitrogens with two attached hydrogens (primary N) is 1. The maximum absolute atomic E-state index is 14.0. The van der Waals surface area contributed by atoms with Crippen molar-refractivity contribution in [1.82, 2.24) is 4.72 Å². The summed E-state index contributed by atoms with van der Waals surface area (Å²) in [5.41, 5.74) is 15.5. The number of halogens is 5. The molecule has 0 aromatic heterocycles. The van der Waals surface area contributed by atoms with Crippen LogP contribution in [0.5, 0.6) is 0 Å². The van der Waals surface area contributed by atoms with E-state index >= 15 is 0 Å². The molecule has 0 amide bonds. The van der Waals surface area contributed by atoms with Crippen LogP contribution in [0.2, 0.25) is 15.1 Å². The summed E-state index contributed by atoms with van der Waals surface area (Å²) >= 11 is 18.2. The number of fused-ring (bicyclic) bond motifs is 4. The summed E-state index contributed by atoms with van der Waals surface area (Å²) in [6.07, 6.45) is 5.45. The number of nitrogens with one attached hydrogen (secondary N) is 1. The van der Waals surface area contributed by atoms with Crippen LogP contribution in [-0.2, 0) is 35.7 Å². The topological polar surface area (TPSA) is 78.7 Å². The van der Waals surface area contributed by atoms with Gasteiger partial charge in [0.15, 0.2) is 0 Å². The lowest BCUT2D eigenvalue weighted by Crippen LogP contribution is -2.29. The first-order valence-corrected chi connectivity index (χ1v) is 19.7. The number of aryl methyl sites for hydroxylation is 4. The average molecular weight is 803 g/mol. The minimum Gasteiger partial charge on any atom is -0.341 e. The highest BCUT2D eigenvalue weighted by molar-refractivity contribution is 7.89. The molecule has 2 aliphatic heterocycles. The van der Waals surface area contributed by atoms with Gasteiger partial charge < -0.3 is 15.5 Å². The maximum atomic E-state index is 14.0. The van der Waals surface area contributed by atoms with E-state index in [2.05, 4.69) is 63.1 Å². The predicted molar refractivity (Wildman–Crippen MR) is 217 cm³/mol. The number of rotatable bonds is 9. The molecule has 7 rings (SSSR count). The molecule has 2 heterocycles. The van der Waals surface area contributed by atoms with Gasteiger partial charge in [-0.15, -0.1) is 12.4 Å². The second-order valence-electron chi connectivity index (χ2n) is 12.6. The van der Waals surface area contributed by atoms with Crippen LogP contribution < -0.4 is 20.3 Å². The molecule has 3 N–H and O–H groups in total. The van der Waals surface area contributed by atoms with Crippen molar-refractivity contribution in [1.29, 1.82) is 0 Å². The Balaban J connectivity index is 0.000000215. The molecule has 0 radical (unpaired) electrons. The van der Waals surface area contributed by atoms with Gasteiger partial charge in [-0.2, -0.15) is 0 Å². The molecule has 5 aromatic rings. The summed E-state index contributed by atoms with van der Waals surface area (Å²) in [6.45, 7) is 2.38. The van der Waals surface area contributed by atoms with Crippen molar-refractivity contribution < 1.29 is 12.8 Å². The van der Waals surface area contributed by atoms with Crippen molar-refractivity contribution >= 4 is 80.0 Å². The van der Waals surface area contributed by atoms with Gasteiger partial charge in [0.1, 0.15) is 10.7 Å². The monoisotopic (exact) mass is 800 g/mol. The summed E-state index contributed by atoms with van der Waals surface area (Å²) < 4.78 is 41.5. The van der Waals surface area contributed by atoms with Crippen LogP contribution in [0.4, 0.5) is 27.1 Å². The quantitative estimate of drug-likeness (QED) is 0.145. The Morgan fingerprint density at radius 1 is 0.615 bits per heavy atom. The number of para-hydroxylation sites is 2. The number of anilines is 4. The van der Waals surface area contributed by atoms with Crippen molar-refractivity contribution in [2.45, 2.75) is 43.4 Å². The van der Waals surface area contributed by atoms with Gasteiger partial charge in [-0.25, -0.2) is 17.5 Å². The Bertz CT molecular complexity index is 2120. The third kappa shape index (κ3) is 9.41. The summed E-state index contributed by atoms with van der Waals surface area (Å²) in [6, 6.07) is 32.4. The first kappa shape index (κ1) is 39.9. The number of sulfonamides is 1. The molecular formula is C40H41Cl4FN4O2S. The fraction of sp³-hybridized carbons (Fsp3) is 0.250. The van der Waals surface area contributed by atoms with E-state index in [0.717, 1.165) is 61.1 Å². The Morgan fingerprint density at radius 2 is 1.06 bits per heavy atom. The fourth-order valence-corrected chi connectivity index (χ4v) is 8.34. The molecule has 5 aromatic carbocycles. The van der Waals surface area contributed by atoms with Crippen molar-refractivity contribution in [2.75, 3.05) is 36.0 Å². The number of hydrogen-bond donors (Lipinski definition) is 2. The van der Waals surface area contributed by atoms with Gasteiger partial charge in [-0.3, -0.25) is 0 Å². The van der Waals surface area contributed by atoms with Crippen LogP contribution in [0.15, 0.2) is 108 Å². The summed E-state index contributed by atoms with van der Waals surface area (Å²) in [7, 11) is -3.97. The molecule has 12 heteroatoms.